The number of aliphatic hydroxyl groups excluding tert-OH is 1. The van der Waals surface area contributed by atoms with Crippen LogP contribution >= 0.6 is 0 Å². The van der Waals surface area contributed by atoms with Crippen LogP contribution in [0.1, 0.15) is 71.4 Å². The summed E-state index contributed by atoms with van der Waals surface area (Å²) in [5.41, 5.74) is 11.2. The lowest BCUT2D eigenvalue weighted by Crippen LogP contribution is -2.52. The number of carbonyl (C=O) groups is 1. The van der Waals surface area contributed by atoms with Crippen LogP contribution in [0.25, 0.3) is 11.3 Å². The first-order valence-electron chi connectivity index (χ1n) is 12.6. The summed E-state index contributed by atoms with van der Waals surface area (Å²) in [4.78, 5) is 19.5. The molecule has 2 aliphatic rings. The van der Waals surface area contributed by atoms with Crippen LogP contribution in [-0.2, 0) is 15.6 Å². The number of nitrogens with zero attached hydrogens (tertiary/aromatic N) is 2. The molecule has 34 heavy (non-hydrogen) atoms. The van der Waals surface area contributed by atoms with Gasteiger partial charge >= 0.3 is 0 Å². The Kier molecular flexibility index (Phi) is 6.76. The van der Waals surface area contributed by atoms with E-state index in [1.807, 2.05) is 0 Å². The number of hydrogen-bond acceptors (Lipinski definition) is 5. The number of aliphatic hydroxyl groups is 1. The molecule has 6 nitrogen and oxygen atoms in total. The van der Waals surface area contributed by atoms with Gasteiger partial charge in [-0.3, -0.25) is 4.79 Å². The number of aromatic nitrogens is 1. The first-order chi connectivity index (χ1) is 16.0. The first-order valence-corrected chi connectivity index (χ1v) is 12.6. The summed E-state index contributed by atoms with van der Waals surface area (Å²) in [7, 11) is 0. The number of pyridine rings is 1. The summed E-state index contributed by atoms with van der Waals surface area (Å²) in [6.45, 7) is 12.6. The number of rotatable bonds is 5. The number of anilines is 1. The van der Waals surface area contributed by atoms with Crippen molar-refractivity contribution in [2.24, 2.45) is 5.73 Å². The summed E-state index contributed by atoms with van der Waals surface area (Å²) in [6, 6.07) is 12.3. The number of piperidine rings is 1. The predicted molar refractivity (Wildman–Crippen MR) is 138 cm³/mol. The average Bonchev–Trinajstić information content (AvgIpc) is 2.82. The molecule has 2 unspecified atom stereocenters. The van der Waals surface area contributed by atoms with Gasteiger partial charge in [0.15, 0.2) is 0 Å². The molecule has 1 saturated heterocycles. The lowest BCUT2D eigenvalue weighted by molar-refractivity contribution is -0.125. The molecule has 4 rings (SSSR count). The molecule has 1 aromatic carbocycles. The third-order valence-corrected chi connectivity index (χ3v) is 7.87. The van der Waals surface area contributed by atoms with E-state index in [1.165, 1.54) is 36.5 Å². The summed E-state index contributed by atoms with van der Waals surface area (Å²) in [5, 5.41) is 12.5. The fourth-order valence-electron chi connectivity index (χ4n) is 5.28. The van der Waals surface area contributed by atoms with Gasteiger partial charge in [0.05, 0.1) is 11.8 Å². The molecule has 1 amide bonds. The van der Waals surface area contributed by atoms with Gasteiger partial charge in [-0.25, -0.2) is 4.98 Å². The zero-order valence-electron chi connectivity index (χ0n) is 21.3. The van der Waals surface area contributed by atoms with Gasteiger partial charge in [0.1, 0.15) is 11.9 Å². The minimum absolute atomic E-state index is 0.0722. The summed E-state index contributed by atoms with van der Waals surface area (Å²) in [6.07, 6.45) is 3.20. The van der Waals surface area contributed by atoms with E-state index in [0.29, 0.717) is 0 Å². The first kappa shape index (κ1) is 24.7. The van der Waals surface area contributed by atoms with Crippen molar-refractivity contribution in [3.05, 3.63) is 47.5 Å². The van der Waals surface area contributed by atoms with E-state index in [9.17, 15) is 9.90 Å². The highest BCUT2D eigenvalue weighted by Gasteiger charge is 2.37. The maximum absolute atomic E-state index is 12.2. The highest BCUT2D eigenvalue weighted by atomic mass is 16.3. The lowest BCUT2D eigenvalue weighted by atomic mass is 9.63. The lowest BCUT2D eigenvalue weighted by Gasteiger charge is -2.42. The Bertz CT molecular complexity index is 1040. The molecule has 6 heteroatoms. The van der Waals surface area contributed by atoms with E-state index in [0.717, 1.165) is 37.4 Å². The van der Waals surface area contributed by atoms with Crippen molar-refractivity contribution in [2.75, 3.05) is 18.0 Å². The minimum atomic E-state index is -0.886. The zero-order chi connectivity index (χ0) is 24.7. The molecule has 2 atom stereocenters. The van der Waals surface area contributed by atoms with Crippen molar-refractivity contribution in [3.8, 4) is 11.3 Å². The van der Waals surface area contributed by atoms with Gasteiger partial charge in [-0.1, -0.05) is 45.9 Å². The van der Waals surface area contributed by atoms with Gasteiger partial charge < -0.3 is 21.1 Å². The summed E-state index contributed by atoms with van der Waals surface area (Å²) < 4.78 is 0. The van der Waals surface area contributed by atoms with Crippen LogP contribution in [0.4, 0.5) is 5.82 Å². The standard InChI is InChI=1S/C28H40N4O2/c1-18(33)25(29)26(34)30-20-11-15-32(16-12-20)24-8-6-7-23(31-24)19-9-10-21-22(17-19)28(4,5)14-13-27(21,2)3/h6-10,17-18,20,25,33H,11-16,29H2,1-5H3,(H,30,34). The van der Waals surface area contributed by atoms with Gasteiger partial charge in [-0.2, -0.15) is 0 Å². The highest BCUT2D eigenvalue weighted by molar-refractivity contribution is 5.82. The van der Waals surface area contributed by atoms with Crippen LogP contribution < -0.4 is 16.0 Å². The number of fused-ring (bicyclic) bond motifs is 1. The van der Waals surface area contributed by atoms with E-state index in [1.54, 1.807) is 0 Å². The third kappa shape index (κ3) is 4.98. The highest BCUT2D eigenvalue weighted by Crippen LogP contribution is 2.46. The Hall–Kier alpha value is -2.44. The molecule has 4 N–H and O–H groups in total. The van der Waals surface area contributed by atoms with Crippen molar-refractivity contribution in [1.29, 1.82) is 0 Å². The number of benzene rings is 1. The number of nitrogens with one attached hydrogen (secondary N) is 1. The normalized spacial score (nSPS) is 21.4. The van der Waals surface area contributed by atoms with Crippen molar-refractivity contribution < 1.29 is 9.90 Å². The fourth-order valence-corrected chi connectivity index (χ4v) is 5.28. The van der Waals surface area contributed by atoms with Crippen LogP contribution in [0.2, 0.25) is 0 Å². The van der Waals surface area contributed by atoms with E-state index in [4.69, 9.17) is 10.7 Å². The largest absolute Gasteiger partial charge is 0.391 e. The SMILES string of the molecule is CC(O)C(N)C(=O)NC1CCN(c2cccc(-c3ccc4c(c3)C(C)(C)CCC4(C)C)n2)CC1. The van der Waals surface area contributed by atoms with Gasteiger partial charge in [0.2, 0.25) is 5.91 Å². The van der Waals surface area contributed by atoms with Crippen molar-refractivity contribution >= 4 is 11.7 Å². The minimum Gasteiger partial charge on any atom is -0.391 e. The molecule has 0 spiro atoms. The van der Waals surface area contributed by atoms with Crippen molar-refractivity contribution in [3.63, 3.8) is 0 Å². The van der Waals surface area contributed by atoms with Gasteiger partial charge in [0, 0.05) is 24.7 Å². The van der Waals surface area contributed by atoms with Crippen LogP contribution in [0, 0.1) is 0 Å². The van der Waals surface area contributed by atoms with E-state index in [2.05, 4.69) is 74.3 Å². The smallest absolute Gasteiger partial charge is 0.239 e. The molecular weight excluding hydrogens is 424 g/mol. The Morgan fingerprint density at radius 3 is 2.38 bits per heavy atom. The zero-order valence-corrected chi connectivity index (χ0v) is 21.3. The number of amides is 1. The molecule has 1 aliphatic carbocycles. The molecule has 0 radical (unpaired) electrons. The molecule has 1 aromatic heterocycles. The van der Waals surface area contributed by atoms with E-state index in [-0.39, 0.29) is 22.8 Å². The third-order valence-electron chi connectivity index (χ3n) is 7.87. The second kappa shape index (κ2) is 9.31. The van der Waals surface area contributed by atoms with Gasteiger partial charge in [-0.05, 0) is 72.8 Å². The monoisotopic (exact) mass is 464 g/mol. The van der Waals surface area contributed by atoms with Crippen LogP contribution in [0.3, 0.4) is 0 Å². The molecule has 0 bridgehead atoms. The number of nitrogens with two attached hydrogens (primary N) is 1. The van der Waals surface area contributed by atoms with Gasteiger partial charge in [0.25, 0.3) is 0 Å². The predicted octanol–water partition coefficient (Wildman–Crippen LogP) is 3.89. The Morgan fingerprint density at radius 1 is 1.09 bits per heavy atom. The maximum atomic E-state index is 12.2. The van der Waals surface area contributed by atoms with Gasteiger partial charge in [-0.15, -0.1) is 0 Å². The molecule has 1 fully saturated rings. The van der Waals surface area contributed by atoms with Crippen LogP contribution in [0.5, 0.6) is 0 Å². The Labute approximate surface area is 204 Å². The van der Waals surface area contributed by atoms with Crippen molar-refractivity contribution in [2.45, 2.75) is 89.3 Å². The second-order valence-electron chi connectivity index (χ2n) is 11.4. The number of hydrogen-bond donors (Lipinski definition) is 3. The topological polar surface area (TPSA) is 91.5 Å². The molecule has 2 heterocycles. The summed E-state index contributed by atoms with van der Waals surface area (Å²) >= 11 is 0. The fraction of sp³-hybridized carbons (Fsp3) is 0.571. The molecule has 1 aliphatic heterocycles. The molecule has 0 saturated carbocycles. The molecule has 2 aromatic rings. The molecule has 184 valence electrons. The Balaban J connectivity index is 1.48. The Morgan fingerprint density at radius 2 is 1.74 bits per heavy atom. The second-order valence-corrected chi connectivity index (χ2v) is 11.4. The van der Waals surface area contributed by atoms with Crippen molar-refractivity contribution in [1.82, 2.24) is 10.3 Å². The average molecular weight is 465 g/mol. The van der Waals surface area contributed by atoms with E-state index >= 15 is 0 Å². The molecular formula is C28H40N4O2. The van der Waals surface area contributed by atoms with Crippen LogP contribution in [-0.4, -0.2) is 47.3 Å². The summed E-state index contributed by atoms with van der Waals surface area (Å²) in [5.74, 6) is 0.687. The number of carbonyl (C=O) groups excluding carboxylic acids is 1. The van der Waals surface area contributed by atoms with Crippen LogP contribution in [0.15, 0.2) is 36.4 Å². The maximum Gasteiger partial charge on any atom is 0.239 e. The quantitative estimate of drug-likeness (QED) is 0.624. The van der Waals surface area contributed by atoms with E-state index < -0.39 is 12.1 Å².